The molecular formula is C17H25N3O2. The Labute approximate surface area is 131 Å². The van der Waals surface area contributed by atoms with Crippen LogP contribution in [0.15, 0.2) is 30.3 Å². The fourth-order valence-electron chi connectivity index (χ4n) is 2.74. The normalized spacial score (nSPS) is 16.6. The lowest BCUT2D eigenvalue weighted by atomic mass is 9.89. The van der Waals surface area contributed by atoms with E-state index >= 15 is 0 Å². The van der Waals surface area contributed by atoms with Crippen LogP contribution in [0.5, 0.6) is 0 Å². The molecule has 1 aliphatic rings. The van der Waals surface area contributed by atoms with E-state index in [0.717, 1.165) is 0 Å². The van der Waals surface area contributed by atoms with Crippen molar-refractivity contribution >= 4 is 17.6 Å². The van der Waals surface area contributed by atoms with Crippen molar-refractivity contribution in [3.05, 3.63) is 30.3 Å². The molecule has 22 heavy (non-hydrogen) atoms. The summed E-state index contributed by atoms with van der Waals surface area (Å²) in [5.41, 5.74) is 0.704. The van der Waals surface area contributed by atoms with Gasteiger partial charge in [-0.3, -0.25) is 4.79 Å². The molecule has 5 heteroatoms. The topological polar surface area (TPSA) is 70.2 Å². The lowest BCUT2D eigenvalue weighted by Gasteiger charge is -2.23. The fourth-order valence-corrected chi connectivity index (χ4v) is 2.74. The van der Waals surface area contributed by atoms with Crippen molar-refractivity contribution in [2.24, 2.45) is 5.92 Å². The largest absolute Gasteiger partial charge is 0.354 e. The first-order valence-electron chi connectivity index (χ1n) is 8.05. The highest BCUT2D eigenvalue weighted by atomic mass is 16.2. The summed E-state index contributed by atoms with van der Waals surface area (Å²) in [6, 6.07) is 8.25. The number of urea groups is 1. The van der Waals surface area contributed by atoms with Gasteiger partial charge in [-0.25, -0.2) is 4.79 Å². The van der Waals surface area contributed by atoms with Crippen LogP contribution in [-0.4, -0.2) is 24.5 Å². The van der Waals surface area contributed by atoms with Crippen molar-refractivity contribution in [1.29, 1.82) is 0 Å². The maximum absolute atomic E-state index is 12.0. The van der Waals surface area contributed by atoms with Crippen LogP contribution in [0.4, 0.5) is 10.5 Å². The van der Waals surface area contributed by atoms with Crippen molar-refractivity contribution in [3.63, 3.8) is 0 Å². The Kier molecular flexibility index (Phi) is 6.25. The number of carbonyl (C=O) groups excluding carboxylic acids is 2. The highest BCUT2D eigenvalue weighted by Gasteiger charge is 2.18. The maximum Gasteiger partial charge on any atom is 0.319 e. The van der Waals surface area contributed by atoms with Crippen molar-refractivity contribution < 1.29 is 9.59 Å². The smallest absolute Gasteiger partial charge is 0.319 e. The summed E-state index contributed by atoms with van der Waals surface area (Å²) in [5, 5.41) is 8.30. The van der Waals surface area contributed by atoms with E-state index in [-0.39, 0.29) is 11.9 Å². The lowest BCUT2D eigenvalue weighted by Crippen LogP contribution is -2.47. The molecule has 0 bridgehead atoms. The van der Waals surface area contributed by atoms with Gasteiger partial charge < -0.3 is 16.0 Å². The van der Waals surface area contributed by atoms with Crippen molar-refractivity contribution in [2.75, 3.05) is 11.9 Å². The third kappa shape index (κ3) is 5.39. The molecular weight excluding hydrogens is 278 g/mol. The van der Waals surface area contributed by atoms with E-state index in [1.54, 1.807) is 19.1 Å². The third-order valence-corrected chi connectivity index (χ3v) is 4.06. The number of carbonyl (C=O) groups is 2. The molecule has 1 fully saturated rings. The zero-order chi connectivity index (χ0) is 15.8. The number of nitrogens with one attached hydrogen (secondary N) is 3. The Hall–Kier alpha value is -2.04. The summed E-state index contributed by atoms with van der Waals surface area (Å²) in [6.07, 6.45) is 6.21. The van der Waals surface area contributed by atoms with Crippen LogP contribution < -0.4 is 16.0 Å². The Morgan fingerprint density at radius 1 is 1.14 bits per heavy atom. The molecule has 5 nitrogen and oxygen atoms in total. The molecule has 1 unspecified atom stereocenters. The van der Waals surface area contributed by atoms with Gasteiger partial charge in [-0.05, 0) is 37.8 Å². The lowest BCUT2D eigenvalue weighted by molar-refractivity contribution is -0.122. The first-order valence-corrected chi connectivity index (χ1v) is 8.05. The van der Waals surface area contributed by atoms with Gasteiger partial charge >= 0.3 is 6.03 Å². The molecule has 1 saturated carbocycles. The van der Waals surface area contributed by atoms with Crippen LogP contribution in [0.25, 0.3) is 0 Å². The number of hydrogen-bond acceptors (Lipinski definition) is 2. The Balaban J connectivity index is 1.70. The summed E-state index contributed by atoms with van der Waals surface area (Å²) >= 11 is 0. The zero-order valence-electron chi connectivity index (χ0n) is 13.1. The molecule has 1 atom stereocenters. The summed E-state index contributed by atoms with van der Waals surface area (Å²) in [4.78, 5) is 23.9. The van der Waals surface area contributed by atoms with Gasteiger partial charge in [0.2, 0.25) is 5.91 Å². The molecule has 1 aromatic rings. The zero-order valence-corrected chi connectivity index (χ0v) is 13.1. The van der Waals surface area contributed by atoms with Crippen LogP contribution in [-0.2, 0) is 4.79 Å². The predicted octanol–water partition coefficient (Wildman–Crippen LogP) is 2.89. The van der Waals surface area contributed by atoms with Gasteiger partial charge in [0.15, 0.2) is 0 Å². The molecule has 2 rings (SSSR count). The molecule has 0 saturated heterocycles. The van der Waals surface area contributed by atoms with Gasteiger partial charge in [0, 0.05) is 12.2 Å². The van der Waals surface area contributed by atoms with Crippen molar-refractivity contribution in [1.82, 2.24) is 10.6 Å². The highest BCUT2D eigenvalue weighted by molar-refractivity contribution is 5.93. The summed E-state index contributed by atoms with van der Waals surface area (Å²) in [5.74, 6) is 0.455. The van der Waals surface area contributed by atoms with Gasteiger partial charge in [-0.1, -0.05) is 37.5 Å². The SMILES string of the molecule is CC(NC(=O)Nc1ccccc1)C(=O)NCC1CCCCC1. The van der Waals surface area contributed by atoms with E-state index in [9.17, 15) is 9.59 Å². The van der Waals surface area contributed by atoms with Crippen LogP contribution in [0, 0.1) is 5.92 Å². The van der Waals surface area contributed by atoms with Crippen LogP contribution in [0.1, 0.15) is 39.0 Å². The number of hydrogen-bond donors (Lipinski definition) is 3. The molecule has 3 amide bonds. The molecule has 120 valence electrons. The van der Waals surface area contributed by atoms with E-state index in [4.69, 9.17) is 0 Å². The monoisotopic (exact) mass is 303 g/mol. The van der Waals surface area contributed by atoms with Gasteiger partial charge in [0.1, 0.15) is 6.04 Å². The number of rotatable bonds is 5. The minimum absolute atomic E-state index is 0.131. The summed E-state index contributed by atoms with van der Waals surface area (Å²) < 4.78 is 0. The van der Waals surface area contributed by atoms with E-state index in [0.29, 0.717) is 18.2 Å². The second-order valence-corrected chi connectivity index (χ2v) is 5.94. The van der Waals surface area contributed by atoms with Crippen LogP contribution in [0.3, 0.4) is 0 Å². The standard InChI is InChI=1S/C17H25N3O2/c1-13(16(21)18-12-14-8-4-2-5-9-14)19-17(22)20-15-10-6-3-7-11-15/h3,6-7,10-11,13-14H,2,4-5,8-9,12H2,1H3,(H,18,21)(H2,19,20,22). The van der Waals surface area contributed by atoms with Crippen molar-refractivity contribution in [2.45, 2.75) is 45.1 Å². The minimum Gasteiger partial charge on any atom is -0.354 e. The van der Waals surface area contributed by atoms with Gasteiger partial charge in [0.25, 0.3) is 0 Å². The van der Waals surface area contributed by atoms with Gasteiger partial charge in [-0.2, -0.15) is 0 Å². The summed E-state index contributed by atoms with van der Waals surface area (Å²) in [6.45, 7) is 2.41. The van der Waals surface area contributed by atoms with Gasteiger partial charge in [0.05, 0.1) is 0 Å². The maximum atomic E-state index is 12.0. The number of amides is 3. The Morgan fingerprint density at radius 3 is 2.50 bits per heavy atom. The average Bonchev–Trinajstić information content (AvgIpc) is 2.54. The van der Waals surface area contributed by atoms with Crippen molar-refractivity contribution in [3.8, 4) is 0 Å². The summed E-state index contributed by atoms with van der Waals surface area (Å²) in [7, 11) is 0. The number of benzene rings is 1. The predicted molar refractivity (Wildman–Crippen MR) is 87.6 cm³/mol. The van der Waals surface area contributed by atoms with E-state index in [1.165, 1.54) is 32.1 Å². The molecule has 1 aromatic carbocycles. The molecule has 0 radical (unpaired) electrons. The quantitative estimate of drug-likeness (QED) is 0.783. The molecule has 0 spiro atoms. The first-order chi connectivity index (χ1) is 10.6. The van der Waals surface area contributed by atoms with E-state index in [1.807, 2.05) is 18.2 Å². The van der Waals surface area contributed by atoms with Crippen LogP contribution >= 0.6 is 0 Å². The van der Waals surface area contributed by atoms with E-state index < -0.39 is 6.04 Å². The Morgan fingerprint density at radius 2 is 1.82 bits per heavy atom. The molecule has 3 N–H and O–H groups in total. The minimum atomic E-state index is -0.549. The third-order valence-electron chi connectivity index (χ3n) is 4.06. The second kappa shape index (κ2) is 8.41. The van der Waals surface area contributed by atoms with E-state index in [2.05, 4.69) is 16.0 Å². The van der Waals surface area contributed by atoms with Crippen LogP contribution in [0.2, 0.25) is 0 Å². The molecule has 0 aliphatic heterocycles. The van der Waals surface area contributed by atoms with Gasteiger partial charge in [-0.15, -0.1) is 0 Å². The highest BCUT2D eigenvalue weighted by Crippen LogP contribution is 2.22. The average molecular weight is 303 g/mol. The molecule has 0 heterocycles. The second-order valence-electron chi connectivity index (χ2n) is 5.94. The molecule has 1 aliphatic carbocycles. The fraction of sp³-hybridized carbons (Fsp3) is 0.529. The Bertz CT molecular complexity index is 484. The number of anilines is 1. The molecule has 0 aromatic heterocycles. The number of para-hydroxylation sites is 1. The first kappa shape index (κ1) is 16.3.